The van der Waals surface area contributed by atoms with Crippen LogP contribution in [0.3, 0.4) is 0 Å². The van der Waals surface area contributed by atoms with E-state index in [-0.39, 0.29) is 6.61 Å². The first-order chi connectivity index (χ1) is 14.0. The van der Waals surface area contributed by atoms with E-state index in [1.54, 1.807) is 26.2 Å². The Labute approximate surface area is 169 Å². The number of nitrogens with zero attached hydrogens (tertiary/aromatic N) is 1. The van der Waals surface area contributed by atoms with E-state index in [1.165, 1.54) is 6.26 Å². The number of furan rings is 1. The molecule has 1 unspecified atom stereocenters. The maximum atomic E-state index is 12.7. The molecule has 2 N–H and O–H groups in total. The number of para-hydroxylation sites is 1. The minimum Gasteiger partial charge on any atom is -0.496 e. The lowest BCUT2D eigenvalue weighted by Crippen LogP contribution is -2.48. The molecule has 0 radical (unpaired) electrons. The van der Waals surface area contributed by atoms with Crippen LogP contribution < -0.4 is 15.4 Å². The minimum absolute atomic E-state index is 0.228. The summed E-state index contributed by atoms with van der Waals surface area (Å²) in [6.07, 6.45) is 1.50. The van der Waals surface area contributed by atoms with E-state index in [0.717, 1.165) is 11.3 Å². The molecule has 1 aromatic carbocycles. The molecule has 1 atom stereocenters. The molecule has 0 saturated heterocycles. The maximum absolute atomic E-state index is 12.7. The van der Waals surface area contributed by atoms with E-state index in [4.69, 9.17) is 13.9 Å². The van der Waals surface area contributed by atoms with Gasteiger partial charge in [-0.25, -0.2) is 9.59 Å². The zero-order valence-electron chi connectivity index (χ0n) is 16.7. The summed E-state index contributed by atoms with van der Waals surface area (Å²) in [7, 11) is 3.53. The van der Waals surface area contributed by atoms with E-state index in [0.29, 0.717) is 30.1 Å². The van der Waals surface area contributed by atoms with Crippen molar-refractivity contribution in [3.63, 3.8) is 0 Å². The summed E-state index contributed by atoms with van der Waals surface area (Å²) < 4.78 is 16.1. The predicted molar refractivity (Wildman–Crippen MR) is 106 cm³/mol. The van der Waals surface area contributed by atoms with Gasteiger partial charge in [0.25, 0.3) is 0 Å². The molecular formula is C21H25N3O5. The topological polar surface area (TPSA) is 93.0 Å². The number of hydrogen-bond acceptors (Lipinski definition) is 6. The molecule has 154 valence electrons. The van der Waals surface area contributed by atoms with E-state index in [9.17, 15) is 9.59 Å². The molecular weight excluding hydrogens is 374 g/mol. The number of amides is 2. The average Bonchev–Trinajstić information content (AvgIpc) is 3.22. The molecule has 2 heterocycles. The second-order valence-electron chi connectivity index (χ2n) is 6.64. The van der Waals surface area contributed by atoms with Gasteiger partial charge < -0.3 is 24.5 Å². The summed E-state index contributed by atoms with van der Waals surface area (Å²) in [4.78, 5) is 26.9. The highest BCUT2D eigenvalue weighted by Gasteiger charge is 2.35. The van der Waals surface area contributed by atoms with Crippen LogP contribution in [0.25, 0.3) is 0 Å². The monoisotopic (exact) mass is 399 g/mol. The first kappa shape index (κ1) is 20.5. The highest BCUT2D eigenvalue weighted by atomic mass is 16.5. The second kappa shape index (κ2) is 9.29. The largest absolute Gasteiger partial charge is 0.496 e. The van der Waals surface area contributed by atoms with Crippen molar-refractivity contribution in [2.45, 2.75) is 19.5 Å². The second-order valence-corrected chi connectivity index (χ2v) is 6.64. The number of benzene rings is 1. The Kier molecular flexibility index (Phi) is 6.56. The lowest BCUT2D eigenvalue weighted by Gasteiger charge is -2.30. The number of ether oxygens (including phenoxy) is 2. The number of nitrogens with one attached hydrogen (secondary N) is 2. The van der Waals surface area contributed by atoms with Gasteiger partial charge in [0.2, 0.25) is 0 Å². The Balaban J connectivity index is 1.90. The van der Waals surface area contributed by atoms with Gasteiger partial charge in [-0.05, 0) is 32.2 Å². The van der Waals surface area contributed by atoms with Gasteiger partial charge in [-0.1, -0.05) is 18.2 Å². The van der Waals surface area contributed by atoms with Crippen LogP contribution in [-0.4, -0.2) is 44.2 Å². The van der Waals surface area contributed by atoms with E-state index < -0.39 is 18.0 Å². The van der Waals surface area contributed by atoms with Crippen LogP contribution in [0.4, 0.5) is 4.79 Å². The van der Waals surface area contributed by atoms with Gasteiger partial charge in [0.1, 0.15) is 17.6 Å². The third-order valence-electron chi connectivity index (χ3n) is 4.54. The fourth-order valence-corrected chi connectivity index (χ4v) is 3.31. The van der Waals surface area contributed by atoms with Gasteiger partial charge in [0, 0.05) is 24.4 Å². The van der Waals surface area contributed by atoms with Crippen molar-refractivity contribution in [2.24, 2.45) is 0 Å². The van der Waals surface area contributed by atoms with Crippen molar-refractivity contribution in [2.75, 3.05) is 27.3 Å². The lowest BCUT2D eigenvalue weighted by molar-refractivity contribution is -0.139. The number of carbonyl (C=O) groups excluding carboxylic acids is 2. The normalized spacial score (nSPS) is 16.4. The van der Waals surface area contributed by atoms with Gasteiger partial charge in [-0.2, -0.15) is 0 Å². The number of rotatable bonds is 8. The molecule has 0 saturated carbocycles. The number of urea groups is 1. The fourth-order valence-electron chi connectivity index (χ4n) is 3.31. The van der Waals surface area contributed by atoms with Crippen LogP contribution in [-0.2, 0) is 16.1 Å². The highest BCUT2D eigenvalue weighted by Crippen LogP contribution is 2.29. The Bertz CT molecular complexity index is 891. The number of methoxy groups -OCH3 is 1. The molecule has 2 amide bonds. The van der Waals surface area contributed by atoms with Crippen LogP contribution in [0.2, 0.25) is 0 Å². The zero-order valence-corrected chi connectivity index (χ0v) is 16.7. The molecule has 2 aromatic rings. The number of likely N-dealkylation sites (N-methyl/N-ethyl adjacent to an activating group) is 1. The summed E-state index contributed by atoms with van der Waals surface area (Å²) >= 11 is 0. The van der Waals surface area contributed by atoms with E-state index >= 15 is 0 Å². The first-order valence-corrected chi connectivity index (χ1v) is 9.35. The Hall–Kier alpha value is -3.26. The van der Waals surface area contributed by atoms with E-state index in [2.05, 4.69) is 10.6 Å². The van der Waals surface area contributed by atoms with Gasteiger partial charge in [-0.15, -0.1) is 0 Å². The predicted octanol–water partition coefficient (Wildman–Crippen LogP) is 2.59. The summed E-state index contributed by atoms with van der Waals surface area (Å²) in [5, 5.41) is 5.50. The molecule has 8 nitrogen and oxygen atoms in total. The van der Waals surface area contributed by atoms with Crippen LogP contribution in [0, 0.1) is 0 Å². The molecule has 8 heteroatoms. The Morgan fingerprint density at radius 1 is 1.21 bits per heavy atom. The minimum atomic E-state index is -0.715. The fraction of sp³-hybridized carbons (Fsp3) is 0.333. The van der Waals surface area contributed by atoms with Crippen LogP contribution in [0.15, 0.2) is 58.3 Å². The van der Waals surface area contributed by atoms with Crippen molar-refractivity contribution in [3.8, 4) is 5.75 Å². The summed E-state index contributed by atoms with van der Waals surface area (Å²) in [5.41, 5.74) is 1.80. The zero-order chi connectivity index (χ0) is 20.8. The smallest absolute Gasteiger partial charge is 0.338 e. The third-order valence-corrected chi connectivity index (χ3v) is 4.54. The molecule has 1 aliphatic heterocycles. The molecule has 29 heavy (non-hydrogen) atoms. The van der Waals surface area contributed by atoms with Crippen molar-refractivity contribution in [1.82, 2.24) is 15.5 Å². The Morgan fingerprint density at radius 2 is 2.00 bits per heavy atom. The van der Waals surface area contributed by atoms with Crippen LogP contribution in [0.5, 0.6) is 5.75 Å². The highest BCUT2D eigenvalue weighted by molar-refractivity contribution is 5.95. The quantitative estimate of drug-likeness (QED) is 0.663. The lowest BCUT2D eigenvalue weighted by atomic mass is 10.00. The molecule has 0 aliphatic carbocycles. The van der Waals surface area contributed by atoms with Crippen molar-refractivity contribution < 1.29 is 23.5 Å². The number of carbonyl (C=O) groups is 2. The van der Waals surface area contributed by atoms with E-state index in [1.807, 2.05) is 36.2 Å². The third kappa shape index (κ3) is 4.78. The van der Waals surface area contributed by atoms with Gasteiger partial charge in [0.15, 0.2) is 0 Å². The van der Waals surface area contributed by atoms with Crippen molar-refractivity contribution in [1.29, 1.82) is 0 Å². The molecule has 3 rings (SSSR count). The summed E-state index contributed by atoms with van der Waals surface area (Å²) in [5.74, 6) is 0.747. The molecule has 0 spiro atoms. The summed E-state index contributed by atoms with van der Waals surface area (Å²) in [6, 6.07) is 10.0. The molecule has 1 aliphatic rings. The number of hydrogen-bond donors (Lipinski definition) is 2. The van der Waals surface area contributed by atoms with Crippen LogP contribution >= 0.6 is 0 Å². The Morgan fingerprint density at radius 3 is 2.69 bits per heavy atom. The number of esters is 1. The molecule has 0 bridgehead atoms. The van der Waals surface area contributed by atoms with Gasteiger partial charge in [-0.3, -0.25) is 4.90 Å². The standard InChI is InChI=1S/C21H25N3O5/c1-4-28-20(25)18-15(22-21(26)23-19(18)17-10-7-11-29-17)13-24(2)12-14-8-5-6-9-16(14)27-3/h5-11,19H,4,12-13H2,1-3H3,(H2,22,23,26). The molecule has 1 aromatic heterocycles. The summed E-state index contributed by atoms with van der Waals surface area (Å²) in [6.45, 7) is 2.86. The first-order valence-electron chi connectivity index (χ1n) is 9.35. The molecule has 0 fully saturated rings. The van der Waals surface area contributed by atoms with Crippen LogP contribution in [0.1, 0.15) is 24.3 Å². The van der Waals surface area contributed by atoms with Gasteiger partial charge >= 0.3 is 12.0 Å². The van der Waals surface area contributed by atoms with Crippen molar-refractivity contribution in [3.05, 3.63) is 65.3 Å². The van der Waals surface area contributed by atoms with Crippen molar-refractivity contribution >= 4 is 12.0 Å². The SMILES string of the molecule is CCOC(=O)C1=C(CN(C)Cc2ccccc2OC)NC(=O)NC1c1ccco1. The van der Waals surface area contributed by atoms with Gasteiger partial charge in [0.05, 0.1) is 25.6 Å². The maximum Gasteiger partial charge on any atom is 0.338 e. The average molecular weight is 399 g/mol.